The topological polar surface area (TPSA) is 61.3 Å². The van der Waals surface area contributed by atoms with E-state index < -0.39 is 0 Å². The van der Waals surface area contributed by atoms with Crippen molar-refractivity contribution < 1.29 is 9.26 Å². The minimum atomic E-state index is 0.00519. The lowest BCUT2D eigenvalue weighted by Gasteiger charge is -2.26. The Morgan fingerprint density at radius 3 is 3.06 bits per heavy atom. The van der Waals surface area contributed by atoms with Gasteiger partial charge in [-0.15, -0.1) is 0 Å². The number of nitrogens with two attached hydrogens (primary N) is 1. The zero-order valence-corrected chi connectivity index (χ0v) is 9.43. The third-order valence-electron chi connectivity index (χ3n) is 3.16. The molecule has 0 amide bonds. The second kappa shape index (κ2) is 4.31. The number of nitrogens with zero attached hydrogens (tertiary/aromatic N) is 1. The number of benzene rings is 1. The van der Waals surface area contributed by atoms with E-state index in [1.807, 2.05) is 12.1 Å². The average Bonchev–Trinajstić information content (AvgIpc) is 2.91. The number of rotatable bonds is 2. The van der Waals surface area contributed by atoms with E-state index in [0.29, 0.717) is 13.2 Å². The lowest BCUT2D eigenvalue weighted by Crippen LogP contribution is -2.23. The van der Waals surface area contributed by atoms with Crippen LogP contribution < -0.4 is 5.73 Å². The fraction of sp³-hybridized carbons (Fsp3) is 0.308. The maximum Gasteiger partial charge on any atom is 0.124 e. The van der Waals surface area contributed by atoms with Gasteiger partial charge in [-0.25, -0.2) is 0 Å². The van der Waals surface area contributed by atoms with Crippen molar-refractivity contribution in [2.24, 2.45) is 5.73 Å². The van der Waals surface area contributed by atoms with Crippen LogP contribution in [-0.2, 0) is 11.2 Å². The molecule has 3 rings (SSSR count). The molecule has 1 aliphatic heterocycles. The largest absolute Gasteiger partial charge is 0.372 e. The Morgan fingerprint density at radius 2 is 2.29 bits per heavy atom. The lowest BCUT2D eigenvalue weighted by molar-refractivity contribution is 0.0486. The molecule has 0 saturated carbocycles. The predicted octanol–water partition coefficient (Wildman–Crippen LogP) is 1.91. The predicted molar refractivity (Wildman–Crippen MR) is 63.4 cm³/mol. The van der Waals surface area contributed by atoms with Crippen molar-refractivity contribution >= 4 is 0 Å². The van der Waals surface area contributed by atoms with Gasteiger partial charge < -0.3 is 15.0 Å². The SMILES string of the molecule is NC[C@H]1OCCc2c(-c3ccon3)cccc21. The van der Waals surface area contributed by atoms with Gasteiger partial charge in [0.2, 0.25) is 0 Å². The molecule has 1 atom stereocenters. The van der Waals surface area contributed by atoms with Crippen molar-refractivity contribution in [1.82, 2.24) is 5.16 Å². The van der Waals surface area contributed by atoms with Crippen LogP contribution in [-0.4, -0.2) is 18.3 Å². The molecule has 0 spiro atoms. The van der Waals surface area contributed by atoms with E-state index in [-0.39, 0.29) is 6.10 Å². The van der Waals surface area contributed by atoms with Crippen molar-refractivity contribution in [3.05, 3.63) is 41.7 Å². The highest BCUT2D eigenvalue weighted by molar-refractivity contribution is 5.65. The van der Waals surface area contributed by atoms with Crippen LogP contribution in [0.1, 0.15) is 17.2 Å². The summed E-state index contributed by atoms with van der Waals surface area (Å²) in [5, 5.41) is 4.00. The van der Waals surface area contributed by atoms with Crippen molar-refractivity contribution in [2.45, 2.75) is 12.5 Å². The van der Waals surface area contributed by atoms with Crippen molar-refractivity contribution in [3.63, 3.8) is 0 Å². The summed E-state index contributed by atoms with van der Waals surface area (Å²) < 4.78 is 10.6. The third kappa shape index (κ3) is 1.75. The molecule has 0 unspecified atom stereocenters. The Hall–Kier alpha value is -1.65. The molecule has 88 valence electrons. The van der Waals surface area contributed by atoms with Gasteiger partial charge in [0.25, 0.3) is 0 Å². The summed E-state index contributed by atoms with van der Waals surface area (Å²) in [6.07, 6.45) is 2.49. The maximum absolute atomic E-state index is 5.73. The van der Waals surface area contributed by atoms with Crippen LogP contribution in [0.2, 0.25) is 0 Å². The van der Waals surface area contributed by atoms with E-state index in [1.54, 1.807) is 6.26 Å². The molecule has 1 aromatic carbocycles. The highest BCUT2D eigenvalue weighted by Gasteiger charge is 2.22. The molecule has 1 aromatic heterocycles. The number of hydrogen-bond acceptors (Lipinski definition) is 4. The normalized spacial score (nSPS) is 19.0. The van der Waals surface area contributed by atoms with Crippen LogP contribution in [0.4, 0.5) is 0 Å². The molecule has 2 heterocycles. The molecule has 0 fully saturated rings. The van der Waals surface area contributed by atoms with Crippen molar-refractivity contribution in [2.75, 3.05) is 13.2 Å². The Balaban J connectivity index is 2.12. The molecule has 2 aromatic rings. The van der Waals surface area contributed by atoms with Crippen molar-refractivity contribution in [3.8, 4) is 11.3 Å². The van der Waals surface area contributed by atoms with Crippen molar-refractivity contribution in [1.29, 1.82) is 0 Å². The first-order valence-corrected chi connectivity index (χ1v) is 5.74. The van der Waals surface area contributed by atoms with Gasteiger partial charge in [0.15, 0.2) is 0 Å². The third-order valence-corrected chi connectivity index (χ3v) is 3.16. The van der Waals surface area contributed by atoms with Gasteiger partial charge >= 0.3 is 0 Å². The van der Waals surface area contributed by atoms with Gasteiger partial charge in [0, 0.05) is 18.2 Å². The first-order valence-electron chi connectivity index (χ1n) is 5.74. The van der Waals surface area contributed by atoms with Crippen LogP contribution in [0, 0.1) is 0 Å². The summed E-state index contributed by atoms with van der Waals surface area (Å²) >= 11 is 0. The molecule has 0 aliphatic carbocycles. The summed E-state index contributed by atoms with van der Waals surface area (Å²) in [6, 6.07) is 8.04. The molecular formula is C13H14N2O2. The van der Waals surface area contributed by atoms with E-state index in [9.17, 15) is 0 Å². The average molecular weight is 230 g/mol. The minimum absolute atomic E-state index is 0.00519. The fourth-order valence-corrected chi connectivity index (χ4v) is 2.36. The number of hydrogen-bond donors (Lipinski definition) is 1. The zero-order valence-electron chi connectivity index (χ0n) is 9.43. The van der Waals surface area contributed by atoms with Gasteiger partial charge in [-0.1, -0.05) is 23.4 Å². The molecule has 0 radical (unpaired) electrons. The van der Waals surface area contributed by atoms with Gasteiger partial charge in [-0.2, -0.15) is 0 Å². The summed E-state index contributed by atoms with van der Waals surface area (Å²) in [7, 11) is 0. The van der Waals surface area contributed by atoms with Crippen LogP contribution in [0.15, 0.2) is 35.1 Å². The quantitative estimate of drug-likeness (QED) is 0.856. The Morgan fingerprint density at radius 1 is 1.35 bits per heavy atom. The van der Waals surface area contributed by atoms with E-state index in [4.69, 9.17) is 15.0 Å². The summed E-state index contributed by atoms with van der Waals surface area (Å²) in [5.74, 6) is 0. The summed E-state index contributed by atoms with van der Waals surface area (Å²) in [4.78, 5) is 0. The van der Waals surface area contributed by atoms with E-state index >= 15 is 0 Å². The smallest absolute Gasteiger partial charge is 0.124 e. The number of fused-ring (bicyclic) bond motifs is 1. The van der Waals surface area contributed by atoms with Crippen LogP contribution in [0.5, 0.6) is 0 Å². The molecule has 1 aliphatic rings. The monoisotopic (exact) mass is 230 g/mol. The van der Waals surface area contributed by atoms with Gasteiger partial charge in [0.1, 0.15) is 12.0 Å². The Bertz CT molecular complexity index is 508. The molecular weight excluding hydrogens is 216 g/mol. The van der Waals surface area contributed by atoms with Gasteiger partial charge in [0.05, 0.1) is 12.7 Å². The number of aromatic nitrogens is 1. The fourth-order valence-electron chi connectivity index (χ4n) is 2.36. The van der Waals surface area contributed by atoms with Gasteiger partial charge in [-0.3, -0.25) is 0 Å². The van der Waals surface area contributed by atoms with Gasteiger partial charge in [-0.05, 0) is 17.5 Å². The number of ether oxygens (including phenoxy) is 1. The zero-order chi connectivity index (χ0) is 11.7. The van der Waals surface area contributed by atoms with Crippen LogP contribution >= 0.6 is 0 Å². The second-order valence-electron chi connectivity index (χ2n) is 4.10. The molecule has 4 heteroatoms. The lowest BCUT2D eigenvalue weighted by atomic mass is 9.91. The summed E-state index contributed by atoms with van der Waals surface area (Å²) in [5.41, 5.74) is 10.2. The maximum atomic E-state index is 5.73. The van der Waals surface area contributed by atoms with Crippen LogP contribution in [0.3, 0.4) is 0 Å². The highest BCUT2D eigenvalue weighted by Crippen LogP contribution is 2.33. The first kappa shape index (κ1) is 10.5. The van der Waals surface area contributed by atoms with Crippen LogP contribution in [0.25, 0.3) is 11.3 Å². The summed E-state index contributed by atoms with van der Waals surface area (Å²) in [6.45, 7) is 1.22. The molecule has 0 bridgehead atoms. The van der Waals surface area contributed by atoms with E-state index in [0.717, 1.165) is 17.7 Å². The Labute approximate surface area is 99.4 Å². The second-order valence-corrected chi connectivity index (χ2v) is 4.10. The molecule has 0 saturated heterocycles. The van der Waals surface area contributed by atoms with E-state index in [2.05, 4.69) is 17.3 Å². The molecule has 2 N–H and O–H groups in total. The Kier molecular flexibility index (Phi) is 2.66. The minimum Gasteiger partial charge on any atom is -0.372 e. The standard InChI is InChI=1S/C13H14N2O2/c14-8-13-11-3-1-2-10(9(11)4-6-16-13)12-5-7-17-15-12/h1-3,5,7,13H,4,6,8,14H2/t13-/m1/s1. The molecule has 17 heavy (non-hydrogen) atoms. The molecule has 4 nitrogen and oxygen atoms in total. The van der Waals surface area contributed by atoms with E-state index in [1.165, 1.54) is 11.1 Å². The highest BCUT2D eigenvalue weighted by atomic mass is 16.5. The first-order chi connectivity index (χ1) is 8.40.